The molecule has 1 fully saturated rings. The Hall–Kier alpha value is -1.03. The zero-order valence-corrected chi connectivity index (χ0v) is 11.8. The summed E-state index contributed by atoms with van der Waals surface area (Å²) in [6.45, 7) is 0.522. The van der Waals surface area contributed by atoms with Crippen LogP contribution in [0.15, 0.2) is 11.6 Å². The average Bonchev–Trinajstić information content (AvgIpc) is 2.90. The van der Waals surface area contributed by atoms with Gasteiger partial charge in [0.05, 0.1) is 12.5 Å². The van der Waals surface area contributed by atoms with Crippen molar-refractivity contribution in [2.24, 2.45) is 5.92 Å². The first-order chi connectivity index (χ1) is 8.99. The minimum absolute atomic E-state index is 0.0303. The first-order valence-corrected chi connectivity index (χ1v) is 8.17. The number of carboxylic acid groups (broad SMARTS) is 1. The van der Waals surface area contributed by atoms with Crippen molar-refractivity contribution in [2.45, 2.75) is 19.4 Å². The number of nitrogens with one attached hydrogen (secondary N) is 1. The van der Waals surface area contributed by atoms with Crippen LogP contribution in [0.5, 0.6) is 0 Å². The molecular weight excluding hydrogens is 290 g/mol. The molecular formula is C10H15N3O4S2. The predicted molar refractivity (Wildman–Crippen MR) is 69.8 cm³/mol. The number of piperidine rings is 1. The fraction of sp³-hybridized carbons (Fsp3) is 0.600. The van der Waals surface area contributed by atoms with Gasteiger partial charge in [-0.2, -0.15) is 17.4 Å². The van der Waals surface area contributed by atoms with Crippen molar-refractivity contribution in [2.75, 3.05) is 13.1 Å². The van der Waals surface area contributed by atoms with Gasteiger partial charge >= 0.3 is 5.97 Å². The highest BCUT2D eigenvalue weighted by atomic mass is 32.2. The number of rotatable bonds is 5. The lowest BCUT2D eigenvalue weighted by Gasteiger charge is -2.29. The fourth-order valence-corrected chi connectivity index (χ4v) is 3.84. The molecule has 19 heavy (non-hydrogen) atoms. The molecule has 106 valence electrons. The zero-order valence-electron chi connectivity index (χ0n) is 10.2. The number of carbonyl (C=O) groups is 1. The van der Waals surface area contributed by atoms with Gasteiger partial charge in [-0.1, -0.05) is 0 Å². The van der Waals surface area contributed by atoms with Gasteiger partial charge in [0.25, 0.3) is 10.2 Å². The van der Waals surface area contributed by atoms with Gasteiger partial charge in [0.15, 0.2) is 0 Å². The highest BCUT2D eigenvalue weighted by Gasteiger charge is 2.32. The van der Waals surface area contributed by atoms with Crippen LogP contribution < -0.4 is 4.72 Å². The molecule has 0 amide bonds. The maximum Gasteiger partial charge on any atom is 0.307 e. The maximum atomic E-state index is 12.0. The Balaban J connectivity index is 1.96. The molecule has 1 unspecified atom stereocenters. The first-order valence-electron chi connectivity index (χ1n) is 5.85. The number of carboxylic acids is 1. The van der Waals surface area contributed by atoms with E-state index in [0.717, 1.165) is 0 Å². The lowest BCUT2D eigenvalue weighted by molar-refractivity contribution is -0.142. The third kappa shape index (κ3) is 3.72. The predicted octanol–water partition coefficient (Wildman–Crippen LogP) is 0.274. The summed E-state index contributed by atoms with van der Waals surface area (Å²) < 4.78 is 27.7. The standard InChI is InChI=1S/C10H15N3O4S2/c14-10(15)8-2-1-4-13(7-8)19(16,17)12-6-9-11-3-5-18-9/h3,5,8,12H,1-2,4,6-7H2,(H,14,15). The fourth-order valence-electron chi connectivity index (χ4n) is 1.95. The van der Waals surface area contributed by atoms with E-state index >= 15 is 0 Å². The molecule has 0 bridgehead atoms. The lowest BCUT2D eigenvalue weighted by Crippen LogP contribution is -2.47. The van der Waals surface area contributed by atoms with Gasteiger partial charge in [-0.15, -0.1) is 11.3 Å². The summed E-state index contributed by atoms with van der Waals surface area (Å²) in [5, 5.41) is 11.4. The second-order valence-electron chi connectivity index (χ2n) is 4.29. The van der Waals surface area contributed by atoms with Gasteiger partial charge in [-0.3, -0.25) is 4.79 Å². The molecule has 1 saturated heterocycles. The van der Waals surface area contributed by atoms with Gasteiger partial charge in [-0.05, 0) is 12.8 Å². The molecule has 1 aromatic heterocycles. The van der Waals surface area contributed by atoms with E-state index in [9.17, 15) is 13.2 Å². The molecule has 2 rings (SSSR count). The number of hydrogen-bond acceptors (Lipinski definition) is 5. The summed E-state index contributed by atoms with van der Waals surface area (Å²) in [5.74, 6) is -1.56. The Labute approximate surface area is 115 Å². The minimum atomic E-state index is -3.64. The van der Waals surface area contributed by atoms with E-state index in [4.69, 9.17) is 5.11 Å². The molecule has 0 spiro atoms. The van der Waals surface area contributed by atoms with Crippen LogP contribution in [0.4, 0.5) is 0 Å². The van der Waals surface area contributed by atoms with Gasteiger partial charge in [0.1, 0.15) is 5.01 Å². The van der Waals surface area contributed by atoms with E-state index in [-0.39, 0.29) is 13.1 Å². The first kappa shape index (κ1) is 14.4. The molecule has 0 aromatic carbocycles. The van der Waals surface area contributed by atoms with Crippen LogP contribution in [0.1, 0.15) is 17.8 Å². The molecule has 9 heteroatoms. The van der Waals surface area contributed by atoms with Crippen molar-refractivity contribution in [1.29, 1.82) is 0 Å². The Morgan fingerprint density at radius 2 is 2.42 bits per heavy atom. The van der Waals surface area contributed by atoms with Gasteiger partial charge < -0.3 is 5.11 Å². The molecule has 1 aliphatic heterocycles. The SMILES string of the molecule is O=C(O)C1CCCN(S(=O)(=O)NCc2nccs2)C1. The van der Waals surface area contributed by atoms with E-state index in [1.807, 2.05) is 0 Å². The summed E-state index contributed by atoms with van der Waals surface area (Å²) in [5.41, 5.74) is 0. The second-order valence-corrected chi connectivity index (χ2v) is 7.02. The largest absolute Gasteiger partial charge is 0.481 e. The van der Waals surface area contributed by atoms with E-state index in [2.05, 4.69) is 9.71 Å². The summed E-state index contributed by atoms with van der Waals surface area (Å²) in [7, 11) is -3.64. The Morgan fingerprint density at radius 1 is 1.63 bits per heavy atom. The molecule has 2 N–H and O–H groups in total. The van der Waals surface area contributed by atoms with E-state index in [1.165, 1.54) is 15.6 Å². The van der Waals surface area contributed by atoms with Crippen molar-refractivity contribution in [3.05, 3.63) is 16.6 Å². The van der Waals surface area contributed by atoms with Crippen molar-refractivity contribution >= 4 is 27.5 Å². The summed E-state index contributed by atoms with van der Waals surface area (Å²) in [6, 6.07) is 0. The van der Waals surface area contributed by atoms with Crippen molar-refractivity contribution in [3.8, 4) is 0 Å². The molecule has 0 aliphatic carbocycles. The average molecular weight is 305 g/mol. The highest BCUT2D eigenvalue weighted by molar-refractivity contribution is 7.87. The van der Waals surface area contributed by atoms with Crippen LogP contribution >= 0.6 is 11.3 Å². The van der Waals surface area contributed by atoms with Crippen molar-refractivity contribution in [3.63, 3.8) is 0 Å². The zero-order chi connectivity index (χ0) is 13.9. The molecule has 1 atom stereocenters. The maximum absolute atomic E-state index is 12.0. The Morgan fingerprint density at radius 3 is 3.05 bits per heavy atom. The molecule has 0 radical (unpaired) electrons. The molecule has 2 heterocycles. The molecule has 7 nitrogen and oxygen atoms in total. The number of hydrogen-bond donors (Lipinski definition) is 2. The van der Waals surface area contributed by atoms with E-state index < -0.39 is 22.1 Å². The summed E-state index contributed by atoms with van der Waals surface area (Å²) >= 11 is 1.37. The molecule has 0 saturated carbocycles. The smallest absolute Gasteiger partial charge is 0.307 e. The molecule has 1 aliphatic rings. The third-order valence-electron chi connectivity index (χ3n) is 2.96. The number of aromatic nitrogens is 1. The van der Waals surface area contributed by atoms with Crippen LogP contribution in [0.3, 0.4) is 0 Å². The molecule has 1 aromatic rings. The van der Waals surface area contributed by atoms with E-state index in [0.29, 0.717) is 24.4 Å². The van der Waals surface area contributed by atoms with Gasteiger partial charge in [-0.25, -0.2) is 4.98 Å². The Bertz CT molecular complexity index is 529. The lowest BCUT2D eigenvalue weighted by atomic mass is 10.0. The monoisotopic (exact) mass is 305 g/mol. The van der Waals surface area contributed by atoms with Crippen LogP contribution in [0.25, 0.3) is 0 Å². The summed E-state index contributed by atoms with van der Waals surface area (Å²) in [6.07, 6.45) is 2.69. The van der Waals surface area contributed by atoms with Crippen molar-refractivity contribution < 1.29 is 18.3 Å². The highest BCUT2D eigenvalue weighted by Crippen LogP contribution is 2.19. The van der Waals surface area contributed by atoms with Crippen LogP contribution in [0, 0.1) is 5.92 Å². The van der Waals surface area contributed by atoms with Gasteiger partial charge in [0, 0.05) is 24.7 Å². The topological polar surface area (TPSA) is 99.6 Å². The van der Waals surface area contributed by atoms with Crippen LogP contribution in [0.2, 0.25) is 0 Å². The van der Waals surface area contributed by atoms with Crippen molar-refractivity contribution in [1.82, 2.24) is 14.0 Å². The minimum Gasteiger partial charge on any atom is -0.481 e. The normalized spacial score (nSPS) is 21.4. The summed E-state index contributed by atoms with van der Waals surface area (Å²) in [4.78, 5) is 14.9. The number of thiazole rings is 1. The van der Waals surface area contributed by atoms with Crippen LogP contribution in [-0.4, -0.2) is 41.9 Å². The Kier molecular flexibility index (Phi) is 4.50. The third-order valence-corrected chi connectivity index (χ3v) is 5.26. The van der Waals surface area contributed by atoms with E-state index in [1.54, 1.807) is 11.6 Å². The number of aliphatic carboxylic acids is 1. The quantitative estimate of drug-likeness (QED) is 0.813. The second kappa shape index (κ2) is 5.95. The number of nitrogens with zero attached hydrogens (tertiary/aromatic N) is 2. The van der Waals surface area contributed by atoms with Crippen LogP contribution in [-0.2, 0) is 21.5 Å². The van der Waals surface area contributed by atoms with Gasteiger partial charge in [0.2, 0.25) is 0 Å².